The minimum atomic E-state index is -0.996. The van der Waals surface area contributed by atoms with Crippen molar-refractivity contribution in [2.75, 3.05) is 13.6 Å². The Morgan fingerprint density at radius 1 is 0.976 bits per heavy atom. The Morgan fingerprint density at radius 2 is 1.59 bits per heavy atom. The minimum absolute atomic E-state index is 0.0142. The van der Waals surface area contributed by atoms with E-state index in [1.165, 1.54) is 11.9 Å². The maximum Gasteiger partial charge on any atom is 0.316 e. The molecule has 3 aliphatic rings. The largest absolute Gasteiger partial charge is 0.353 e. The Kier molecular flexibility index (Phi) is 9.60. The van der Waals surface area contributed by atoms with Gasteiger partial charge in [-0.05, 0) is 47.8 Å². The summed E-state index contributed by atoms with van der Waals surface area (Å²) >= 11 is 0. The van der Waals surface area contributed by atoms with Gasteiger partial charge in [-0.2, -0.15) is 0 Å². The van der Waals surface area contributed by atoms with Gasteiger partial charge >= 0.3 is 6.03 Å². The van der Waals surface area contributed by atoms with Crippen LogP contribution in [0.3, 0.4) is 0 Å². The molecule has 0 aromatic heterocycles. The number of nitrogens with one attached hydrogen (secondary N) is 4. The molecule has 2 aliphatic carbocycles. The number of Topliss-reactive ketones (excluding diaryl/α,β-unsaturated/α-hetero) is 2. The second-order valence-electron chi connectivity index (χ2n) is 14.0. The van der Waals surface area contributed by atoms with Crippen molar-refractivity contribution in [3.8, 4) is 0 Å². The van der Waals surface area contributed by atoms with Gasteiger partial charge in [0.25, 0.3) is 5.91 Å². The van der Waals surface area contributed by atoms with E-state index in [4.69, 9.17) is 0 Å². The third kappa shape index (κ3) is 6.92. The average Bonchev–Trinajstić information content (AvgIpc) is 3.76. The van der Waals surface area contributed by atoms with E-state index in [0.29, 0.717) is 19.4 Å². The van der Waals surface area contributed by atoms with Crippen LogP contribution in [0.5, 0.6) is 0 Å². The first kappa shape index (κ1) is 32.5. The van der Waals surface area contributed by atoms with Gasteiger partial charge < -0.3 is 26.2 Å². The van der Waals surface area contributed by atoms with E-state index in [1.54, 1.807) is 0 Å². The average molecular weight is 576 g/mol. The molecule has 3 fully saturated rings. The van der Waals surface area contributed by atoms with Crippen molar-refractivity contribution in [1.82, 2.24) is 26.2 Å². The third-order valence-corrected chi connectivity index (χ3v) is 9.05. The van der Waals surface area contributed by atoms with Crippen molar-refractivity contribution < 1.29 is 28.8 Å². The molecule has 2 saturated carbocycles. The van der Waals surface area contributed by atoms with E-state index in [-0.39, 0.29) is 34.9 Å². The number of fused-ring (bicyclic) bond motifs is 1. The molecule has 1 saturated heterocycles. The molecule has 41 heavy (non-hydrogen) atoms. The van der Waals surface area contributed by atoms with Crippen LogP contribution in [0.4, 0.5) is 4.79 Å². The van der Waals surface area contributed by atoms with E-state index in [0.717, 1.165) is 12.8 Å². The highest BCUT2D eigenvalue weighted by molar-refractivity contribution is 6.38. The van der Waals surface area contributed by atoms with Crippen LogP contribution < -0.4 is 21.3 Å². The Hall–Kier alpha value is -2.98. The smallest absolute Gasteiger partial charge is 0.316 e. The van der Waals surface area contributed by atoms with Gasteiger partial charge in [-0.25, -0.2) is 4.79 Å². The van der Waals surface area contributed by atoms with Crippen LogP contribution in [0.1, 0.15) is 81.1 Å². The number of piperidine rings is 1. The molecule has 5 amide bonds. The van der Waals surface area contributed by atoms with Crippen LogP contribution in [0.25, 0.3) is 0 Å². The molecule has 3 rings (SSSR count). The lowest BCUT2D eigenvalue weighted by Gasteiger charge is -2.38. The first-order chi connectivity index (χ1) is 19.0. The molecule has 6 atom stereocenters. The van der Waals surface area contributed by atoms with Crippen molar-refractivity contribution in [2.45, 2.75) is 105 Å². The number of urea groups is 1. The standard InChI is InChI=1S/C30H49N5O6/c1-10-11-18(23(37)26(39)31-9)32-25(38)21-19-17(30(19,7)8)14-35(21)27(40)24(29(4,5)6)34-28(41)33-20(15(2)3)22(36)16-12-13-16/h15-21,24H,10-14H2,1-9H3,(H,31,39)(H,32,38)(H2,33,34,41)/t17-,18?,19-,20-,21-,24+/m0/s1. The fraction of sp³-hybridized carbons (Fsp3) is 0.800. The molecule has 0 aromatic rings. The number of nitrogens with zero attached hydrogens (tertiary/aromatic N) is 1. The molecule has 0 aromatic carbocycles. The highest BCUT2D eigenvalue weighted by Crippen LogP contribution is 2.65. The summed E-state index contributed by atoms with van der Waals surface area (Å²) in [7, 11) is 1.36. The molecule has 1 heterocycles. The Bertz CT molecular complexity index is 1080. The Labute approximate surface area is 243 Å². The van der Waals surface area contributed by atoms with E-state index in [1.807, 2.05) is 41.5 Å². The SMILES string of the molecule is CCCC(NC(=O)[C@@H]1[C@@H]2[C@H](CN1C(=O)[C@@H](NC(=O)N[C@H](C(=O)C1CC1)C(C)C)C(C)(C)C)C2(C)C)C(=O)C(=O)NC. The number of likely N-dealkylation sites (tertiary alicyclic amines) is 1. The monoisotopic (exact) mass is 575 g/mol. The number of amides is 5. The van der Waals surface area contributed by atoms with E-state index >= 15 is 0 Å². The van der Waals surface area contributed by atoms with Gasteiger partial charge in [0.1, 0.15) is 12.1 Å². The summed E-state index contributed by atoms with van der Waals surface area (Å²) in [5.74, 6) is -2.50. The van der Waals surface area contributed by atoms with Gasteiger partial charge in [-0.15, -0.1) is 0 Å². The Balaban J connectivity index is 1.81. The summed E-state index contributed by atoms with van der Waals surface area (Å²) in [5.41, 5.74) is -0.870. The van der Waals surface area contributed by atoms with Crippen LogP contribution in [-0.2, 0) is 24.0 Å². The molecule has 1 unspecified atom stereocenters. The quantitative estimate of drug-likeness (QED) is 0.260. The zero-order valence-corrected chi connectivity index (χ0v) is 26.1. The first-order valence-corrected chi connectivity index (χ1v) is 14.9. The van der Waals surface area contributed by atoms with Crippen molar-refractivity contribution in [1.29, 1.82) is 0 Å². The predicted octanol–water partition coefficient (Wildman–Crippen LogP) is 1.79. The number of ketones is 2. The highest BCUT2D eigenvalue weighted by atomic mass is 16.2. The fourth-order valence-electron chi connectivity index (χ4n) is 6.23. The Morgan fingerprint density at radius 3 is 2.07 bits per heavy atom. The van der Waals surface area contributed by atoms with Crippen LogP contribution in [0.2, 0.25) is 0 Å². The summed E-state index contributed by atoms with van der Waals surface area (Å²) in [4.78, 5) is 80.0. The molecule has 4 N–H and O–H groups in total. The molecule has 11 heteroatoms. The van der Waals surface area contributed by atoms with Crippen molar-refractivity contribution in [2.24, 2.45) is 34.5 Å². The van der Waals surface area contributed by atoms with E-state index < -0.39 is 59.1 Å². The number of likely N-dealkylation sites (N-methyl/N-ethyl adjacent to an activating group) is 1. The normalized spacial score (nSPS) is 24.9. The fourth-order valence-corrected chi connectivity index (χ4v) is 6.23. The number of hydrogen-bond acceptors (Lipinski definition) is 6. The number of hydrogen-bond donors (Lipinski definition) is 4. The molecular weight excluding hydrogens is 526 g/mol. The summed E-state index contributed by atoms with van der Waals surface area (Å²) in [6.07, 6.45) is 2.53. The van der Waals surface area contributed by atoms with E-state index in [2.05, 4.69) is 35.1 Å². The van der Waals surface area contributed by atoms with Crippen LogP contribution >= 0.6 is 0 Å². The molecule has 230 valence electrons. The lowest BCUT2D eigenvalue weighted by molar-refractivity contribution is -0.145. The predicted molar refractivity (Wildman–Crippen MR) is 153 cm³/mol. The molecule has 11 nitrogen and oxygen atoms in total. The van der Waals surface area contributed by atoms with Gasteiger partial charge in [0.15, 0.2) is 5.78 Å². The lowest BCUT2D eigenvalue weighted by Crippen LogP contribution is -2.62. The molecule has 0 spiro atoms. The second-order valence-corrected chi connectivity index (χ2v) is 14.0. The summed E-state index contributed by atoms with van der Waals surface area (Å²) in [6.45, 7) is 15.6. The number of carbonyl (C=O) groups excluding carboxylic acids is 6. The maximum absolute atomic E-state index is 14.1. The minimum Gasteiger partial charge on any atom is -0.353 e. The third-order valence-electron chi connectivity index (χ3n) is 9.05. The van der Waals surface area contributed by atoms with Crippen LogP contribution in [0, 0.1) is 34.5 Å². The molecule has 0 bridgehead atoms. The first-order valence-electron chi connectivity index (χ1n) is 14.9. The zero-order valence-electron chi connectivity index (χ0n) is 26.1. The van der Waals surface area contributed by atoms with Crippen molar-refractivity contribution in [3.05, 3.63) is 0 Å². The van der Waals surface area contributed by atoms with Gasteiger partial charge in [0.05, 0.1) is 12.1 Å². The maximum atomic E-state index is 14.1. The highest BCUT2D eigenvalue weighted by Gasteiger charge is 2.70. The topological polar surface area (TPSA) is 154 Å². The van der Waals surface area contributed by atoms with Crippen molar-refractivity contribution >= 4 is 35.3 Å². The van der Waals surface area contributed by atoms with Crippen molar-refractivity contribution in [3.63, 3.8) is 0 Å². The zero-order chi connectivity index (χ0) is 31.0. The summed E-state index contributed by atoms with van der Waals surface area (Å²) < 4.78 is 0. The summed E-state index contributed by atoms with van der Waals surface area (Å²) in [6, 6.07) is -4.05. The number of carbonyl (C=O) groups is 6. The number of rotatable bonds is 12. The second kappa shape index (κ2) is 12.1. The molecule has 1 aliphatic heterocycles. The summed E-state index contributed by atoms with van der Waals surface area (Å²) in [5, 5.41) is 10.7. The van der Waals surface area contributed by atoms with Crippen LogP contribution in [-0.4, -0.2) is 78.0 Å². The van der Waals surface area contributed by atoms with E-state index in [9.17, 15) is 28.8 Å². The van der Waals surface area contributed by atoms with Gasteiger partial charge in [0, 0.05) is 19.5 Å². The van der Waals surface area contributed by atoms with Crippen LogP contribution in [0.15, 0.2) is 0 Å². The van der Waals surface area contributed by atoms with Gasteiger partial charge in [-0.3, -0.25) is 24.0 Å². The van der Waals surface area contributed by atoms with Gasteiger partial charge in [0.2, 0.25) is 17.6 Å². The van der Waals surface area contributed by atoms with Gasteiger partial charge in [-0.1, -0.05) is 61.8 Å². The molecular formula is C30H49N5O6. The molecule has 0 radical (unpaired) electrons. The lowest BCUT2D eigenvalue weighted by atomic mass is 9.85.